The maximum atomic E-state index is 13.2. The minimum Gasteiger partial charge on any atom is -0.387 e. The highest BCUT2D eigenvalue weighted by molar-refractivity contribution is 5.77. The Morgan fingerprint density at radius 1 is 1.23 bits per heavy atom. The smallest absolute Gasteiger partial charge is 0.261 e. The molecule has 1 N–H and O–H groups in total. The van der Waals surface area contributed by atoms with Gasteiger partial charge in [-0.15, -0.1) is 0 Å². The van der Waals surface area contributed by atoms with Crippen LogP contribution in [0.5, 0.6) is 0 Å². The molecule has 0 aliphatic heterocycles. The number of hydrogen-bond donors (Lipinski definition) is 1. The fraction of sp³-hybridized carbons (Fsp3) is 0.176. The summed E-state index contributed by atoms with van der Waals surface area (Å²) < 4.78 is 14.7. The van der Waals surface area contributed by atoms with E-state index in [-0.39, 0.29) is 12.1 Å². The van der Waals surface area contributed by atoms with Gasteiger partial charge in [-0.25, -0.2) is 9.37 Å². The van der Waals surface area contributed by atoms with E-state index >= 15 is 0 Å². The quantitative estimate of drug-likeness (QED) is 0.808. The molecule has 22 heavy (non-hydrogen) atoms. The standard InChI is InChI=1S/C17H15FN2O2/c1-11-19-15-8-3-2-7-14(15)17(22)20(11)10-16(21)12-5-4-6-13(18)9-12/h2-9,16,21H,10H2,1H3/t16-/m1/s1. The van der Waals surface area contributed by atoms with Crippen LogP contribution in [-0.2, 0) is 6.54 Å². The number of benzene rings is 2. The number of halogens is 1. The van der Waals surface area contributed by atoms with Gasteiger partial charge in [-0.3, -0.25) is 9.36 Å². The average molecular weight is 298 g/mol. The van der Waals surface area contributed by atoms with Crippen LogP contribution in [0, 0.1) is 12.7 Å². The molecule has 0 aliphatic carbocycles. The number of aromatic nitrogens is 2. The third kappa shape index (κ3) is 2.63. The van der Waals surface area contributed by atoms with Gasteiger partial charge in [0.1, 0.15) is 11.6 Å². The van der Waals surface area contributed by atoms with Crippen LogP contribution in [0.15, 0.2) is 53.3 Å². The largest absolute Gasteiger partial charge is 0.387 e. The van der Waals surface area contributed by atoms with Gasteiger partial charge in [0.25, 0.3) is 5.56 Å². The number of para-hydroxylation sites is 1. The van der Waals surface area contributed by atoms with E-state index in [1.165, 1.54) is 22.8 Å². The van der Waals surface area contributed by atoms with Crippen molar-refractivity contribution in [3.8, 4) is 0 Å². The summed E-state index contributed by atoms with van der Waals surface area (Å²) in [4.78, 5) is 16.9. The minimum atomic E-state index is -0.977. The second-order valence-corrected chi connectivity index (χ2v) is 5.16. The highest BCUT2D eigenvalue weighted by atomic mass is 19.1. The number of aryl methyl sites for hydroxylation is 1. The molecule has 0 radical (unpaired) electrons. The molecule has 0 saturated heterocycles. The van der Waals surface area contributed by atoms with Crippen LogP contribution < -0.4 is 5.56 Å². The zero-order valence-electron chi connectivity index (χ0n) is 12.0. The summed E-state index contributed by atoms with van der Waals surface area (Å²) >= 11 is 0. The molecule has 112 valence electrons. The van der Waals surface area contributed by atoms with Crippen molar-refractivity contribution in [1.82, 2.24) is 9.55 Å². The van der Waals surface area contributed by atoms with Gasteiger partial charge in [-0.05, 0) is 36.8 Å². The van der Waals surface area contributed by atoms with Crippen LogP contribution in [0.2, 0.25) is 0 Å². The van der Waals surface area contributed by atoms with Crippen LogP contribution >= 0.6 is 0 Å². The number of fused-ring (bicyclic) bond motifs is 1. The molecule has 3 rings (SSSR count). The van der Waals surface area contributed by atoms with Gasteiger partial charge < -0.3 is 5.11 Å². The third-order valence-corrected chi connectivity index (χ3v) is 3.64. The van der Waals surface area contributed by atoms with Gasteiger partial charge in [-0.1, -0.05) is 24.3 Å². The molecule has 0 unspecified atom stereocenters. The van der Waals surface area contributed by atoms with Crippen molar-refractivity contribution < 1.29 is 9.50 Å². The first-order valence-corrected chi connectivity index (χ1v) is 6.96. The van der Waals surface area contributed by atoms with Crippen molar-refractivity contribution in [3.05, 3.63) is 76.1 Å². The molecular formula is C17H15FN2O2. The summed E-state index contributed by atoms with van der Waals surface area (Å²) in [5.41, 5.74) is 0.847. The minimum absolute atomic E-state index is 0.0337. The van der Waals surface area contributed by atoms with Crippen molar-refractivity contribution >= 4 is 10.9 Å². The lowest BCUT2D eigenvalue weighted by Gasteiger charge is -2.15. The number of aliphatic hydroxyl groups is 1. The molecule has 3 aromatic rings. The molecule has 4 nitrogen and oxygen atoms in total. The van der Waals surface area contributed by atoms with E-state index in [0.717, 1.165) is 0 Å². The molecule has 0 bridgehead atoms. The van der Waals surface area contributed by atoms with Crippen molar-refractivity contribution in [2.24, 2.45) is 0 Å². The average Bonchev–Trinajstić information content (AvgIpc) is 2.51. The Morgan fingerprint density at radius 2 is 2.00 bits per heavy atom. The first-order chi connectivity index (χ1) is 10.6. The molecule has 5 heteroatoms. The fourth-order valence-corrected chi connectivity index (χ4v) is 2.49. The van der Waals surface area contributed by atoms with Gasteiger partial charge in [0.2, 0.25) is 0 Å². The Bertz CT molecular complexity index is 889. The third-order valence-electron chi connectivity index (χ3n) is 3.64. The SMILES string of the molecule is Cc1nc2ccccc2c(=O)n1C[C@@H](O)c1cccc(F)c1. The predicted octanol–water partition coefficient (Wildman–Crippen LogP) is 2.58. The number of rotatable bonds is 3. The van der Waals surface area contributed by atoms with Crippen LogP contribution in [-0.4, -0.2) is 14.7 Å². The van der Waals surface area contributed by atoms with Gasteiger partial charge in [0.15, 0.2) is 0 Å². The van der Waals surface area contributed by atoms with Crippen LogP contribution in [0.1, 0.15) is 17.5 Å². The van der Waals surface area contributed by atoms with E-state index in [1.54, 1.807) is 31.2 Å². The van der Waals surface area contributed by atoms with Crippen molar-refractivity contribution in [3.63, 3.8) is 0 Å². The Labute approximate surface area is 126 Å². The van der Waals surface area contributed by atoms with Crippen LogP contribution in [0.25, 0.3) is 10.9 Å². The number of nitrogens with zero attached hydrogens (tertiary/aromatic N) is 2. The van der Waals surface area contributed by atoms with Crippen molar-refractivity contribution in [2.75, 3.05) is 0 Å². The maximum Gasteiger partial charge on any atom is 0.261 e. The first-order valence-electron chi connectivity index (χ1n) is 6.96. The lowest BCUT2D eigenvalue weighted by molar-refractivity contribution is 0.153. The van der Waals surface area contributed by atoms with Crippen molar-refractivity contribution in [1.29, 1.82) is 0 Å². The molecule has 0 spiro atoms. The fourth-order valence-electron chi connectivity index (χ4n) is 2.49. The van der Waals surface area contributed by atoms with E-state index in [1.807, 2.05) is 6.07 Å². The molecule has 0 fully saturated rings. The van der Waals surface area contributed by atoms with E-state index < -0.39 is 11.9 Å². The predicted molar refractivity (Wildman–Crippen MR) is 82.1 cm³/mol. The summed E-state index contributed by atoms with van der Waals surface area (Å²) in [5.74, 6) is 0.0939. The Morgan fingerprint density at radius 3 is 2.77 bits per heavy atom. The van der Waals surface area contributed by atoms with Gasteiger partial charge in [-0.2, -0.15) is 0 Å². The number of aliphatic hydroxyl groups excluding tert-OH is 1. The van der Waals surface area contributed by atoms with E-state index in [2.05, 4.69) is 4.98 Å². The summed E-state index contributed by atoms with van der Waals surface area (Å²) in [5, 5.41) is 10.8. The van der Waals surface area contributed by atoms with E-state index in [9.17, 15) is 14.3 Å². The molecule has 1 aromatic heterocycles. The zero-order chi connectivity index (χ0) is 15.7. The Kier molecular flexibility index (Phi) is 3.73. The van der Waals surface area contributed by atoms with Gasteiger partial charge in [0, 0.05) is 0 Å². The van der Waals surface area contributed by atoms with Crippen LogP contribution in [0.3, 0.4) is 0 Å². The highest BCUT2D eigenvalue weighted by Crippen LogP contribution is 2.17. The molecule has 0 aliphatic rings. The maximum absolute atomic E-state index is 13.2. The van der Waals surface area contributed by atoms with Crippen LogP contribution in [0.4, 0.5) is 4.39 Å². The molecule has 1 heterocycles. The lowest BCUT2D eigenvalue weighted by Crippen LogP contribution is -2.26. The highest BCUT2D eigenvalue weighted by Gasteiger charge is 2.14. The van der Waals surface area contributed by atoms with E-state index in [4.69, 9.17) is 0 Å². The monoisotopic (exact) mass is 298 g/mol. The lowest BCUT2D eigenvalue weighted by atomic mass is 10.1. The first kappa shape index (κ1) is 14.4. The summed E-state index contributed by atoms with van der Waals surface area (Å²) in [6, 6.07) is 12.8. The van der Waals surface area contributed by atoms with Gasteiger partial charge in [0.05, 0.1) is 23.6 Å². The molecular weight excluding hydrogens is 283 g/mol. The molecule has 0 amide bonds. The number of hydrogen-bond acceptors (Lipinski definition) is 3. The Hall–Kier alpha value is -2.53. The topological polar surface area (TPSA) is 55.1 Å². The summed E-state index contributed by atoms with van der Waals surface area (Å²) in [6.07, 6.45) is -0.977. The zero-order valence-corrected chi connectivity index (χ0v) is 12.0. The molecule has 0 saturated carbocycles. The second kappa shape index (κ2) is 5.69. The van der Waals surface area contributed by atoms with E-state index in [0.29, 0.717) is 22.3 Å². The van der Waals surface area contributed by atoms with Gasteiger partial charge >= 0.3 is 0 Å². The normalized spacial score (nSPS) is 12.5. The molecule has 1 atom stereocenters. The van der Waals surface area contributed by atoms with Crippen molar-refractivity contribution in [2.45, 2.75) is 19.6 Å². The summed E-state index contributed by atoms with van der Waals surface area (Å²) in [6.45, 7) is 1.75. The molecule has 2 aromatic carbocycles. The summed E-state index contributed by atoms with van der Waals surface area (Å²) in [7, 11) is 0. The Balaban J connectivity index is 2.02. The second-order valence-electron chi connectivity index (χ2n) is 5.16.